The number of aromatic nitrogens is 1. The number of carbonyl (C=O) groups excluding carboxylic acids is 2. The first-order valence-corrected chi connectivity index (χ1v) is 8.96. The summed E-state index contributed by atoms with van der Waals surface area (Å²) in [5.41, 5.74) is 0.847. The first-order chi connectivity index (χ1) is 11.7. The molecule has 0 spiro atoms. The van der Waals surface area contributed by atoms with Crippen molar-refractivity contribution in [3.63, 3.8) is 0 Å². The SMILES string of the molecule is CN(c1ccc(C(=O)COC(=O)c2cc[n+]([O-])cc2)cc1)S(C)(=O)=O. The van der Waals surface area contributed by atoms with Crippen LogP contribution in [0.5, 0.6) is 0 Å². The van der Waals surface area contributed by atoms with Gasteiger partial charge in [-0.3, -0.25) is 9.10 Å². The topological polar surface area (TPSA) is 108 Å². The van der Waals surface area contributed by atoms with Gasteiger partial charge in [-0.25, -0.2) is 13.2 Å². The van der Waals surface area contributed by atoms with Crippen LogP contribution in [0, 0.1) is 5.21 Å². The van der Waals surface area contributed by atoms with Gasteiger partial charge in [-0.05, 0) is 24.3 Å². The van der Waals surface area contributed by atoms with Gasteiger partial charge in [0.2, 0.25) is 10.0 Å². The third kappa shape index (κ3) is 4.77. The number of benzene rings is 1. The maximum Gasteiger partial charge on any atom is 0.339 e. The highest BCUT2D eigenvalue weighted by atomic mass is 32.2. The van der Waals surface area contributed by atoms with Crippen LogP contribution >= 0.6 is 0 Å². The monoisotopic (exact) mass is 364 g/mol. The molecule has 2 rings (SSSR count). The van der Waals surface area contributed by atoms with Crippen LogP contribution in [0.25, 0.3) is 0 Å². The summed E-state index contributed by atoms with van der Waals surface area (Å²) >= 11 is 0. The molecule has 0 fully saturated rings. The largest absolute Gasteiger partial charge is 0.619 e. The highest BCUT2D eigenvalue weighted by Crippen LogP contribution is 2.16. The molecule has 1 heterocycles. The van der Waals surface area contributed by atoms with Crippen molar-refractivity contribution in [3.05, 3.63) is 65.1 Å². The van der Waals surface area contributed by atoms with Gasteiger partial charge in [-0.2, -0.15) is 4.73 Å². The van der Waals surface area contributed by atoms with E-state index in [1.165, 1.54) is 43.4 Å². The Hall–Kier alpha value is -2.94. The van der Waals surface area contributed by atoms with Crippen LogP contribution in [-0.2, 0) is 14.8 Å². The second-order valence-corrected chi connectivity index (χ2v) is 7.24. The van der Waals surface area contributed by atoms with Crippen LogP contribution in [0.2, 0.25) is 0 Å². The summed E-state index contributed by atoms with van der Waals surface area (Å²) < 4.78 is 29.4. The van der Waals surface area contributed by atoms with E-state index in [0.717, 1.165) is 23.0 Å². The smallest absolute Gasteiger partial charge is 0.339 e. The van der Waals surface area contributed by atoms with Crippen LogP contribution < -0.4 is 9.04 Å². The van der Waals surface area contributed by atoms with E-state index in [2.05, 4.69) is 0 Å². The first kappa shape index (κ1) is 18.4. The van der Waals surface area contributed by atoms with Crippen LogP contribution in [-0.4, -0.2) is 40.1 Å². The highest BCUT2D eigenvalue weighted by molar-refractivity contribution is 7.92. The van der Waals surface area contributed by atoms with Gasteiger partial charge in [-0.15, -0.1) is 0 Å². The Morgan fingerprint density at radius 2 is 1.64 bits per heavy atom. The maximum atomic E-state index is 12.0. The number of Topliss-reactive ketones (excluding diaryl/α,β-unsaturated/α-hetero) is 1. The lowest BCUT2D eigenvalue weighted by molar-refractivity contribution is -0.605. The molecule has 0 amide bonds. The number of ketones is 1. The number of carbonyl (C=O) groups is 2. The third-order valence-corrected chi connectivity index (χ3v) is 4.63. The van der Waals surface area contributed by atoms with Gasteiger partial charge in [0.05, 0.1) is 17.5 Å². The normalized spacial score (nSPS) is 11.0. The fourth-order valence-electron chi connectivity index (χ4n) is 1.90. The average Bonchev–Trinajstić information content (AvgIpc) is 2.58. The zero-order valence-corrected chi connectivity index (χ0v) is 14.4. The Morgan fingerprint density at radius 1 is 1.08 bits per heavy atom. The molecule has 0 aliphatic carbocycles. The second kappa shape index (κ2) is 7.31. The summed E-state index contributed by atoms with van der Waals surface area (Å²) in [5, 5.41) is 10.9. The quantitative estimate of drug-likeness (QED) is 0.324. The molecule has 0 saturated heterocycles. The standard InChI is InChI=1S/C16H16N2O6S/c1-17(25(2,22)23)14-5-3-12(4-6-14)15(19)11-24-16(20)13-7-9-18(21)10-8-13/h3-10H,11H2,1-2H3. The van der Waals surface area contributed by atoms with Crippen LogP contribution in [0.4, 0.5) is 5.69 Å². The number of ether oxygens (including phenoxy) is 1. The van der Waals surface area contributed by atoms with Crippen molar-refractivity contribution >= 4 is 27.5 Å². The van der Waals surface area contributed by atoms with E-state index in [0.29, 0.717) is 10.4 Å². The molecule has 2 aromatic rings. The fraction of sp³-hybridized carbons (Fsp3) is 0.188. The zero-order valence-electron chi connectivity index (χ0n) is 13.6. The molecule has 1 aromatic carbocycles. The number of hydrogen-bond donors (Lipinski definition) is 0. The molecular weight excluding hydrogens is 348 g/mol. The number of pyridine rings is 1. The number of hydrogen-bond acceptors (Lipinski definition) is 6. The molecule has 8 nitrogen and oxygen atoms in total. The first-order valence-electron chi connectivity index (χ1n) is 7.11. The van der Waals surface area contributed by atoms with Gasteiger partial charge >= 0.3 is 5.97 Å². The van der Waals surface area contributed by atoms with Crippen molar-refractivity contribution in [1.29, 1.82) is 0 Å². The molecule has 0 aliphatic rings. The van der Waals surface area contributed by atoms with Crippen molar-refractivity contribution in [2.24, 2.45) is 0 Å². The number of esters is 1. The van der Waals surface area contributed by atoms with Gasteiger partial charge in [0.15, 0.2) is 24.8 Å². The van der Waals surface area contributed by atoms with Crippen LogP contribution in [0.1, 0.15) is 20.7 Å². The van der Waals surface area contributed by atoms with Gasteiger partial charge < -0.3 is 9.94 Å². The lowest BCUT2D eigenvalue weighted by Crippen LogP contribution is -2.25. The van der Waals surface area contributed by atoms with Crippen molar-refractivity contribution < 1.29 is 27.5 Å². The molecule has 0 bridgehead atoms. The summed E-state index contributed by atoms with van der Waals surface area (Å²) in [6.07, 6.45) is 3.37. The minimum Gasteiger partial charge on any atom is -0.619 e. The molecule has 132 valence electrons. The van der Waals surface area contributed by atoms with Crippen molar-refractivity contribution in [2.45, 2.75) is 0 Å². The van der Waals surface area contributed by atoms with Gasteiger partial charge in [-0.1, -0.05) is 0 Å². The number of sulfonamides is 1. The molecule has 1 aromatic heterocycles. The Balaban J connectivity index is 1.99. The summed E-state index contributed by atoms with van der Waals surface area (Å²) in [6.45, 7) is -0.466. The lowest BCUT2D eigenvalue weighted by Gasteiger charge is -2.16. The van der Waals surface area contributed by atoms with Gasteiger partial charge in [0, 0.05) is 24.7 Å². The molecule has 0 unspecified atom stereocenters. The summed E-state index contributed by atoms with van der Waals surface area (Å²) in [6, 6.07) is 8.46. The fourth-order valence-corrected chi connectivity index (χ4v) is 2.40. The molecule has 0 aliphatic heterocycles. The number of nitrogens with zero attached hydrogens (tertiary/aromatic N) is 2. The maximum absolute atomic E-state index is 12.0. The van der Waals surface area contributed by atoms with E-state index in [1.54, 1.807) is 0 Å². The van der Waals surface area contributed by atoms with Crippen molar-refractivity contribution in [2.75, 3.05) is 24.2 Å². The Morgan fingerprint density at radius 3 is 2.16 bits per heavy atom. The van der Waals surface area contributed by atoms with E-state index >= 15 is 0 Å². The summed E-state index contributed by atoms with van der Waals surface area (Å²) in [5.74, 6) is -1.15. The third-order valence-electron chi connectivity index (χ3n) is 3.42. The molecule has 0 atom stereocenters. The van der Waals surface area contributed by atoms with E-state index in [1.807, 2.05) is 0 Å². The van der Waals surface area contributed by atoms with E-state index in [4.69, 9.17) is 4.74 Å². The van der Waals surface area contributed by atoms with Gasteiger partial charge in [0.25, 0.3) is 0 Å². The molecular formula is C16H16N2O6S. The zero-order chi connectivity index (χ0) is 18.6. The minimum atomic E-state index is -3.39. The van der Waals surface area contributed by atoms with Crippen LogP contribution in [0.3, 0.4) is 0 Å². The summed E-state index contributed by atoms with van der Waals surface area (Å²) in [7, 11) is -1.99. The molecule has 0 radical (unpaired) electrons. The average molecular weight is 364 g/mol. The highest BCUT2D eigenvalue weighted by Gasteiger charge is 2.15. The van der Waals surface area contributed by atoms with E-state index in [9.17, 15) is 23.2 Å². The second-order valence-electron chi connectivity index (χ2n) is 5.22. The Labute approximate surface area is 144 Å². The summed E-state index contributed by atoms with van der Waals surface area (Å²) in [4.78, 5) is 23.8. The molecule has 0 N–H and O–H groups in total. The van der Waals surface area contributed by atoms with E-state index < -0.39 is 28.4 Å². The number of anilines is 1. The molecule has 25 heavy (non-hydrogen) atoms. The molecule has 9 heteroatoms. The lowest BCUT2D eigenvalue weighted by atomic mass is 10.1. The Kier molecular flexibility index (Phi) is 5.38. The van der Waals surface area contributed by atoms with Crippen molar-refractivity contribution in [1.82, 2.24) is 0 Å². The van der Waals surface area contributed by atoms with Crippen LogP contribution in [0.15, 0.2) is 48.8 Å². The van der Waals surface area contributed by atoms with Crippen molar-refractivity contribution in [3.8, 4) is 0 Å². The predicted octanol–water partition coefficient (Wildman–Crippen LogP) is 0.756. The van der Waals surface area contributed by atoms with E-state index in [-0.39, 0.29) is 11.1 Å². The van der Waals surface area contributed by atoms with Gasteiger partial charge in [0.1, 0.15) is 0 Å². The number of rotatable bonds is 6. The Bertz CT molecular complexity index is 876. The minimum absolute atomic E-state index is 0.157. The predicted molar refractivity (Wildman–Crippen MR) is 89.7 cm³/mol. The molecule has 0 saturated carbocycles.